The predicted molar refractivity (Wildman–Crippen MR) is 99.7 cm³/mol. The minimum Gasteiger partial charge on any atom is -0.388 e. The third kappa shape index (κ3) is 4.71. The molecule has 0 spiro atoms. The minimum atomic E-state index is -0.934. The van der Waals surface area contributed by atoms with Gasteiger partial charge < -0.3 is 15.0 Å². The number of carbonyl (C=O) groups is 1. The van der Waals surface area contributed by atoms with Crippen LogP contribution in [0.15, 0.2) is 36.5 Å². The molecule has 2 N–H and O–H groups in total. The van der Waals surface area contributed by atoms with Gasteiger partial charge in [-0.2, -0.15) is 5.26 Å². The lowest BCUT2D eigenvalue weighted by Gasteiger charge is -2.27. The molecule has 132 valence electrons. The van der Waals surface area contributed by atoms with Crippen LogP contribution in [-0.4, -0.2) is 27.7 Å². The van der Waals surface area contributed by atoms with Gasteiger partial charge in [-0.25, -0.2) is 0 Å². The van der Waals surface area contributed by atoms with Crippen LogP contribution in [0, 0.1) is 17.2 Å². The fraction of sp³-hybridized carbons (Fsp3) is 0.400. The van der Waals surface area contributed by atoms with Crippen molar-refractivity contribution in [1.82, 2.24) is 9.88 Å². The molecule has 0 saturated heterocycles. The quantitative estimate of drug-likeness (QED) is 0.761. The Morgan fingerprint density at radius 3 is 2.84 bits per heavy atom. The summed E-state index contributed by atoms with van der Waals surface area (Å²) in [6.45, 7) is 6.37. The number of aliphatic hydroxyl groups is 1. The number of nitriles is 1. The highest BCUT2D eigenvalue weighted by atomic mass is 16.3. The van der Waals surface area contributed by atoms with Crippen molar-refractivity contribution in [1.29, 1.82) is 5.26 Å². The molecule has 0 aliphatic carbocycles. The molecule has 1 aromatic heterocycles. The highest BCUT2D eigenvalue weighted by Gasteiger charge is 2.24. The van der Waals surface area contributed by atoms with Gasteiger partial charge in [-0.05, 0) is 25.0 Å². The van der Waals surface area contributed by atoms with Gasteiger partial charge in [0.15, 0.2) is 0 Å². The zero-order chi connectivity index (χ0) is 18.4. The Bertz CT molecular complexity index is 810. The van der Waals surface area contributed by atoms with Crippen LogP contribution >= 0.6 is 0 Å². The Kier molecular flexibility index (Phi) is 6.00. The fourth-order valence-electron chi connectivity index (χ4n) is 2.46. The Balaban J connectivity index is 2.13. The van der Waals surface area contributed by atoms with E-state index in [1.165, 1.54) is 6.08 Å². The number of hydrogen-bond acceptors (Lipinski definition) is 3. The maximum absolute atomic E-state index is 12.0. The van der Waals surface area contributed by atoms with Gasteiger partial charge in [-0.3, -0.25) is 4.79 Å². The summed E-state index contributed by atoms with van der Waals surface area (Å²) in [5.41, 5.74) is 1.04. The second-order valence-electron chi connectivity index (χ2n) is 6.77. The lowest BCUT2D eigenvalue weighted by molar-refractivity contribution is -0.118. The largest absolute Gasteiger partial charge is 0.388 e. The van der Waals surface area contributed by atoms with Crippen molar-refractivity contribution in [3.05, 3.63) is 42.1 Å². The highest BCUT2D eigenvalue weighted by molar-refractivity contribution is 5.96. The molecule has 0 aliphatic heterocycles. The number of aromatic nitrogens is 1. The number of carbonyl (C=O) groups excluding carboxylic acids is 1. The number of hydrogen-bond donors (Lipinski definition) is 2. The van der Waals surface area contributed by atoms with Gasteiger partial charge in [0.25, 0.3) is 0 Å². The molecular weight excluding hydrogens is 314 g/mol. The van der Waals surface area contributed by atoms with Gasteiger partial charge >= 0.3 is 0 Å². The summed E-state index contributed by atoms with van der Waals surface area (Å²) in [6.07, 6.45) is 5.64. The monoisotopic (exact) mass is 339 g/mol. The summed E-state index contributed by atoms with van der Waals surface area (Å²) in [4.78, 5) is 12.0. The average molecular weight is 339 g/mol. The average Bonchev–Trinajstić information content (AvgIpc) is 2.94. The predicted octanol–water partition coefficient (Wildman–Crippen LogP) is 3.09. The first-order valence-electron chi connectivity index (χ1n) is 8.48. The van der Waals surface area contributed by atoms with Crippen LogP contribution in [0.25, 0.3) is 17.0 Å². The first-order valence-corrected chi connectivity index (χ1v) is 8.48. The van der Waals surface area contributed by atoms with Crippen LogP contribution in [-0.2, 0) is 11.3 Å². The molecule has 2 rings (SSSR count). The van der Waals surface area contributed by atoms with Gasteiger partial charge in [0.05, 0.1) is 18.1 Å². The van der Waals surface area contributed by atoms with E-state index in [1.54, 1.807) is 13.0 Å². The van der Waals surface area contributed by atoms with E-state index in [9.17, 15) is 9.90 Å². The van der Waals surface area contributed by atoms with Crippen molar-refractivity contribution in [3.63, 3.8) is 0 Å². The van der Waals surface area contributed by atoms with E-state index in [-0.39, 0.29) is 18.4 Å². The molecule has 1 unspecified atom stereocenters. The number of benzene rings is 1. The van der Waals surface area contributed by atoms with Crippen molar-refractivity contribution < 1.29 is 9.90 Å². The van der Waals surface area contributed by atoms with E-state index >= 15 is 0 Å². The zero-order valence-corrected chi connectivity index (χ0v) is 15.0. The van der Waals surface area contributed by atoms with Crippen molar-refractivity contribution in [2.45, 2.75) is 39.3 Å². The lowest BCUT2D eigenvalue weighted by atomic mass is 9.92. The summed E-state index contributed by atoms with van der Waals surface area (Å²) in [6, 6.07) is 10.1. The van der Waals surface area contributed by atoms with Crippen molar-refractivity contribution >= 4 is 22.9 Å². The van der Waals surface area contributed by atoms with Gasteiger partial charge in [-0.1, -0.05) is 32.0 Å². The Labute approximate surface area is 148 Å². The van der Waals surface area contributed by atoms with Crippen LogP contribution in [0.1, 0.15) is 32.8 Å². The highest BCUT2D eigenvalue weighted by Crippen LogP contribution is 2.22. The standard InChI is InChI=1S/C20H25N3O2/c1-15(2)20(3,25)14-22-19(24)10-9-16-13-23(12-6-11-21)18-8-5-4-7-17(16)18/h4-5,7-10,13,15,25H,6,12,14H2,1-3H3,(H,22,24). The Morgan fingerprint density at radius 2 is 2.16 bits per heavy atom. The fourth-order valence-corrected chi connectivity index (χ4v) is 2.46. The molecule has 1 atom stereocenters. The molecule has 0 fully saturated rings. The van der Waals surface area contributed by atoms with Crippen LogP contribution in [0.2, 0.25) is 0 Å². The van der Waals surface area contributed by atoms with Crippen LogP contribution in [0.4, 0.5) is 0 Å². The van der Waals surface area contributed by atoms with Crippen LogP contribution in [0.5, 0.6) is 0 Å². The van der Waals surface area contributed by atoms with Gasteiger partial charge in [-0.15, -0.1) is 0 Å². The second-order valence-corrected chi connectivity index (χ2v) is 6.77. The summed E-state index contributed by atoms with van der Waals surface area (Å²) in [5, 5.41) is 22.8. The van der Waals surface area contributed by atoms with E-state index in [1.807, 2.05) is 48.9 Å². The number of aryl methyl sites for hydroxylation is 1. The number of para-hydroxylation sites is 1. The molecule has 5 heteroatoms. The van der Waals surface area contributed by atoms with E-state index in [4.69, 9.17) is 5.26 Å². The molecule has 25 heavy (non-hydrogen) atoms. The number of nitrogens with one attached hydrogen (secondary N) is 1. The molecule has 2 aromatic rings. The molecule has 1 amide bonds. The number of amides is 1. The molecule has 0 saturated carbocycles. The zero-order valence-electron chi connectivity index (χ0n) is 15.0. The van der Waals surface area contributed by atoms with Crippen molar-refractivity contribution in [2.24, 2.45) is 5.92 Å². The topological polar surface area (TPSA) is 78.0 Å². The van der Waals surface area contributed by atoms with Crippen molar-refractivity contribution in [2.75, 3.05) is 6.54 Å². The van der Waals surface area contributed by atoms with Gasteiger partial charge in [0.2, 0.25) is 5.91 Å². The van der Waals surface area contributed by atoms with Gasteiger partial charge in [0, 0.05) is 41.8 Å². The molecular formula is C20H25N3O2. The summed E-state index contributed by atoms with van der Waals surface area (Å²) in [7, 11) is 0. The number of fused-ring (bicyclic) bond motifs is 1. The Morgan fingerprint density at radius 1 is 1.44 bits per heavy atom. The summed E-state index contributed by atoms with van der Waals surface area (Å²) < 4.78 is 2.03. The van der Waals surface area contributed by atoms with Crippen LogP contribution < -0.4 is 5.32 Å². The van der Waals surface area contributed by atoms with E-state index in [0.717, 1.165) is 16.5 Å². The smallest absolute Gasteiger partial charge is 0.244 e. The molecule has 0 radical (unpaired) electrons. The van der Waals surface area contributed by atoms with E-state index in [2.05, 4.69) is 11.4 Å². The van der Waals surface area contributed by atoms with Gasteiger partial charge in [0.1, 0.15) is 0 Å². The summed E-state index contributed by atoms with van der Waals surface area (Å²) in [5.74, 6) is -0.190. The number of rotatable bonds is 7. The molecule has 1 heterocycles. The first kappa shape index (κ1) is 18.8. The maximum Gasteiger partial charge on any atom is 0.244 e. The third-order valence-corrected chi connectivity index (χ3v) is 4.56. The molecule has 0 aliphatic rings. The minimum absolute atomic E-state index is 0.0508. The maximum atomic E-state index is 12.0. The second kappa shape index (κ2) is 8.00. The SMILES string of the molecule is CC(C)C(C)(O)CNC(=O)C=Cc1cn(CCC#N)c2ccccc12. The molecule has 5 nitrogen and oxygen atoms in total. The molecule has 1 aromatic carbocycles. The normalized spacial score (nSPS) is 13.9. The van der Waals surface area contributed by atoms with Crippen LogP contribution in [0.3, 0.4) is 0 Å². The first-order chi connectivity index (χ1) is 11.8. The summed E-state index contributed by atoms with van der Waals surface area (Å²) >= 11 is 0. The van der Waals surface area contributed by atoms with E-state index < -0.39 is 5.60 Å². The number of nitrogens with zero attached hydrogens (tertiary/aromatic N) is 2. The molecule has 0 bridgehead atoms. The Hall–Kier alpha value is -2.58. The van der Waals surface area contributed by atoms with Crippen molar-refractivity contribution in [3.8, 4) is 6.07 Å². The van der Waals surface area contributed by atoms with E-state index in [0.29, 0.717) is 13.0 Å². The lowest BCUT2D eigenvalue weighted by Crippen LogP contribution is -2.43. The third-order valence-electron chi connectivity index (χ3n) is 4.56.